The van der Waals surface area contributed by atoms with Gasteiger partial charge in [-0.3, -0.25) is 14.2 Å². The number of halogens is 2. The molecule has 1 aromatic heterocycles. The van der Waals surface area contributed by atoms with Gasteiger partial charge in [0.2, 0.25) is 0 Å². The maximum atomic E-state index is 13.0. The van der Waals surface area contributed by atoms with Crippen molar-refractivity contribution in [3.63, 3.8) is 0 Å². The topological polar surface area (TPSA) is 90.5 Å². The second kappa shape index (κ2) is 7.63. The summed E-state index contributed by atoms with van der Waals surface area (Å²) in [4.78, 5) is 36.1. The third-order valence-electron chi connectivity index (χ3n) is 3.73. The zero-order chi connectivity index (χ0) is 19.6. The van der Waals surface area contributed by atoms with Crippen molar-refractivity contribution in [2.45, 2.75) is 19.6 Å². The van der Waals surface area contributed by atoms with Gasteiger partial charge >= 0.3 is 11.7 Å². The van der Waals surface area contributed by atoms with Crippen molar-refractivity contribution in [1.82, 2.24) is 4.57 Å². The van der Waals surface area contributed by atoms with Gasteiger partial charge in [-0.15, -0.1) is 0 Å². The summed E-state index contributed by atoms with van der Waals surface area (Å²) in [5.41, 5.74) is 0.963. The lowest BCUT2D eigenvalue weighted by atomic mass is 10.3. The van der Waals surface area contributed by atoms with Crippen molar-refractivity contribution in [2.75, 3.05) is 5.32 Å². The Hall–Kier alpha value is -3.13. The second-order valence-electron chi connectivity index (χ2n) is 5.67. The summed E-state index contributed by atoms with van der Waals surface area (Å²) in [5.74, 6) is -2.70. The Labute approximate surface area is 157 Å². The highest BCUT2D eigenvalue weighted by molar-refractivity contribution is 6.33. The number of esters is 1. The van der Waals surface area contributed by atoms with Crippen LogP contribution in [0.3, 0.4) is 0 Å². The van der Waals surface area contributed by atoms with Gasteiger partial charge in [-0.25, -0.2) is 9.18 Å². The highest BCUT2D eigenvalue weighted by Crippen LogP contribution is 2.22. The quantitative estimate of drug-likeness (QED) is 0.674. The Bertz CT molecular complexity index is 1080. The van der Waals surface area contributed by atoms with Gasteiger partial charge in [0.25, 0.3) is 5.91 Å². The van der Waals surface area contributed by atoms with Crippen molar-refractivity contribution in [1.29, 1.82) is 0 Å². The molecule has 3 rings (SSSR count). The van der Waals surface area contributed by atoms with E-state index in [4.69, 9.17) is 20.8 Å². The van der Waals surface area contributed by atoms with E-state index in [9.17, 15) is 18.8 Å². The minimum Gasteiger partial charge on any atom is -0.451 e. The molecule has 1 atom stereocenters. The monoisotopic (exact) mass is 392 g/mol. The van der Waals surface area contributed by atoms with Crippen LogP contribution in [0.2, 0.25) is 5.02 Å². The molecule has 0 radical (unpaired) electrons. The van der Waals surface area contributed by atoms with E-state index < -0.39 is 36.1 Å². The van der Waals surface area contributed by atoms with Gasteiger partial charge in [0, 0.05) is 0 Å². The summed E-state index contributed by atoms with van der Waals surface area (Å²) in [5, 5.41) is 2.45. The van der Waals surface area contributed by atoms with Gasteiger partial charge in [-0.1, -0.05) is 23.7 Å². The van der Waals surface area contributed by atoms with E-state index in [1.54, 1.807) is 24.3 Å². The van der Waals surface area contributed by atoms with Crippen molar-refractivity contribution in [3.8, 4) is 0 Å². The van der Waals surface area contributed by atoms with Crippen LogP contribution in [0.15, 0.2) is 51.7 Å². The molecule has 1 amide bonds. The molecular formula is C18H14ClFN2O5. The average molecular weight is 393 g/mol. The number of benzene rings is 2. The summed E-state index contributed by atoms with van der Waals surface area (Å²) in [6, 6.07) is 10.1. The van der Waals surface area contributed by atoms with Crippen LogP contribution in [-0.2, 0) is 20.9 Å². The molecule has 1 N–H and O–H groups in total. The lowest BCUT2D eigenvalue weighted by molar-refractivity contribution is -0.153. The first-order chi connectivity index (χ1) is 12.8. The largest absolute Gasteiger partial charge is 0.451 e. The molecule has 0 bridgehead atoms. The maximum Gasteiger partial charge on any atom is 0.420 e. The van der Waals surface area contributed by atoms with Crippen LogP contribution in [0, 0.1) is 5.82 Å². The molecule has 27 heavy (non-hydrogen) atoms. The normalized spacial score (nSPS) is 12.0. The van der Waals surface area contributed by atoms with E-state index >= 15 is 0 Å². The number of nitrogens with zero attached hydrogens (tertiary/aromatic N) is 1. The van der Waals surface area contributed by atoms with Crippen molar-refractivity contribution >= 4 is 40.3 Å². The van der Waals surface area contributed by atoms with Crippen LogP contribution in [0.1, 0.15) is 6.92 Å². The molecule has 2 aromatic carbocycles. The number of amides is 1. The van der Waals surface area contributed by atoms with Crippen LogP contribution in [0.25, 0.3) is 11.1 Å². The Morgan fingerprint density at radius 2 is 2.04 bits per heavy atom. The van der Waals surface area contributed by atoms with E-state index in [0.717, 1.165) is 16.7 Å². The number of oxazole rings is 1. The number of anilines is 1. The molecule has 0 saturated carbocycles. The number of aromatic nitrogens is 1. The lowest BCUT2D eigenvalue weighted by Crippen LogP contribution is -2.32. The Morgan fingerprint density at radius 3 is 2.78 bits per heavy atom. The molecular weight excluding hydrogens is 379 g/mol. The molecule has 9 heteroatoms. The lowest BCUT2D eigenvalue weighted by Gasteiger charge is -2.14. The molecule has 1 heterocycles. The average Bonchev–Trinajstić information content (AvgIpc) is 2.93. The standard InChI is InChI=1S/C18H14ClFN2O5/c1-10(17(24)21-13-7-6-11(20)8-12(13)19)26-16(23)9-22-14-4-2-3-5-15(14)27-18(22)25/h2-8,10H,9H2,1H3,(H,21,24)/t10-/m1/s1. The zero-order valence-corrected chi connectivity index (χ0v) is 14.8. The predicted octanol–water partition coefficient (Wildman–Crippen LogP) is 2.96. The van der Waals surface area contributed by atoms with E-state index in [1.807, 2.05) is 0 Å². The number of hydrogen-bond donors (Lipinski definition) is 1. The SMILES string of the molecule is C[C@@H](OC(=O)Cn1c(=O)oc2ccccc21)C(=O)Nc1ccc(F)cc1Cl. The highest BCUT2D eigenvalue weighted by atomic mass is 35.5. The number of fused-ring (bicyclic) bond motifs is 1. The second-order valence-corrected chi connectivity index (χ2v) is 6.07. The summed E-state index contributed by atoms with van der Waals surface area (Å²) >= 11 is 5.84. The third kappa shape index (κ3) is 4.17. The molecule has 0 unspecified atom stereocenters. The fraction of sp³-hybridized carbons (Fsp3) is 0.167. The van der Waals surface area contributed by atoms with Crippen LogP contribution in [0.5, 0.6) is 0 Å². The molecule has 7 nitrogen and oxygen atoms in total. The molecule has 0 aliphatic carbocycles. The number of nitrogens with one attached hydrogen (secondary N) is 1. The Kier molecular flexibility index (Phi) is 5.27. The summed E-state index contributed by atoms with van der Waals surface area (Å²) in [7, 11) is 0. The van der Waals surface area contributed by atoms with Crippen molar-refractivity contribution in [2.24, 2.45) is 0 Å². The fourth-order valence-electron chi connectivity index (χ4n) is 2.41. The number of rotatable bonds is 5. The summed E-state index contributed by atoms with van der Waals surface area (Å²) in [6.45, 7) is 0.950. The number of para-hydroxylation sites is 2. The Morgan fingerprint density at radius 1 is 1.30 bits per heavy atom. The van der Waals surface area contributed by atoms with Crippen LogP contribution >= 0.6 is 11.6 Å². The first kappa shape index (κ1) is 18.7. The highest BCUT2D eigenvalue weighted by Gasteiger charge is 2.21. The summed E-state index contributed by atoms with van der Waals surface area (Å²) < 4.78 is 24.2. The molecule has 3 aromatic rings. The van der Waals surface area contributed by atoms with E-state index in [-0.39, 0.29) is 10.7 Å². The molecule has 140 valence electrons. The minimum absolute atomic E-state index is 0.0123. The minimum atomic E-state index is -1.16. The molecule has 0 saturated heterocycles. The smallest absolute Gasteiger partial charge is 0.420 e. The molecule has 0 aliphatic heterocycles. The van der Waals surface area contributed by atoms with Gasteiger partial charge in [0.1, 0.15) is 12.4 Å². The van der Waals surface area contributed by atoms with Gasteiger partial charge in [-0.05, 0) is 37.3 Å². The first-order valence-electron chi connectivity index (χ1n) is 7.89. The number of carbonyl (C=O) groups is 2. The fourth-order valence-corrected chi connectivity index (χ4v) is 2.62. The number of hydrogen-bond acceptors (Lipinski definition) is 5. The molecule has 0 aliphatic rings. The van der Waals surface area contributed by atoms with E-state index in [2.05, 4.69) is 5.32 Å². The van der Waals surface area contributed by atoms with Crippen molar-refractivity contribution < 1.29 is 23.1 Å². The first-order valence-corrected chi connectivity index (χ1v) is 8.26. The van der Waals surface area contributed by atoms with Gasteiger partial charge < -0.3 is 14.5 Å². The predicted molar refractivity (Wildman–Crippen MR) is 96.1 cm³/mol. The van der Waals surface area contributed by atoms with Gasteiger partial charge in [-0.2, -0.15) is 0 Å². The Balaban J connectivity index is 1.65. The maximum absolute atomic E-state index is 13.0. The number of ether oxygens (including phenoxy) is 1. The van der Waals surface area contributed by atoms with E-state index in [0.29, 0.717) is 11.1 Å². The zero-order valence-electron chi connectivity index (χ0n) is 14.1. The van der Waals surface area contributed by atoms with Crippen LogP contribution in [0.4, 0.5) is 10.1 Å². The van der Waals surface area contributed by atoms with Gasteiger partial charge in [0.15, 0.2) is 11.7 Å². The van der Waals surface area contributed by atoms with Crippen LogP contribution < -0.4 is 11.1 Å². The third-order valence-corrected chi connectivity index (χ3v) is 4.04. The summed E-state index contributed by atoms with van der Waals surface area (Å²) in [6.07, 6.45) is -1.16. The van der Waals surface area contributed by atoms with Gasteiger partial charge in [0.05, 0.1) is 16.2 Å². The number of carbonyl (C=O) groups excluding carboxylic acids is 2. The molecule has 0 spiro atoms. The van der Waals surface area contributed by atoms with Crippen molar-refractivity contribution in [3.05, 3.63) is 63.9 Å². The van der Waals surface area contributed by atoms with E-state index in [1.165, 1.54) is 13.0 Å². The van der Waals surface area contributed by atoms with Crippen LogP contribution in [-0.4, -0.2) is 22.5 Å². The molecule has 0 fully saturated rings.